The summed E-state index contributed by atoms with van der Waals surface area (Å²) < 4.78 is 5.91. The maximum absolute atomic E-state index is 11.7. The predicted octanol–water partition coefficient (Wildman–Crippen LogP) is 2.08. The van der Waals surface area contributed by atoms with Crippen LogP contribution in [0.5, 0.6) is 0 Å². The average Bonchev–Trinajstić information content (AvgIpc) is 2.69. The number of nitrogens with zero attached hydrogens (tertiary/aromatic N) is 4. The van der Waals surface area contributed by atoms with Crippen molar-refractivity contribution >= 4 is 33.4 Å². The fourth-order valence-electron chi connectivity index (χ4n) is 2.86. The van der Waals surface area contributed by atoms with Crippen molar-refractivity contribution in [2.24, 2.45) is 0 Å². The highest BCUT2D eigenvalue weighted by Crippen LogP contribution is 2.23. The van der Waals surface area contributed by atoms with Gasteiger partial charge >= 0.3 is 0 Å². The quantitative estimate of drug-likeness (QED) is 0.393. The van der Waals surface area contributed by atoms with E-state index in [0.29, 0.717) is 49.2 Å². The van der Waals surface area contributed by atoms with Gasteiger partial charge in [0.1, 0.15) is 18.2 Å². The van der Waals surface area contributed by atoms with Gasteiger partial charge in [0.05, 0.1) is 22.6 Å². The lowest BCUT2D eigenvalue weighted by molar-refractivity contribution is -0.142. The molecule has 8 nitrogen and oxygen atoms in total. The van der Waals surface area contributed by atoms with E-state index in [1.165, 1.54) is 0 Å². The van der Waals surface area contributed by atoms with E-state index in [9.17, 15) is 10.1 Å². The summed E-state index contributed by atoms with van der Waals surface area (Å²) in [6.45, 7) is 4.54. The van der Waals surface area contributed by atoms with Crippen LogP contribution in [0.25, 0.3) is 5.57 Å². The number of dihydropyridines is 1. The largest absolute Gasteiger partial charge is 0.370 e. The van der Waals surface area contributed by atoms with Gasteiger partial charge in [-0.1, -0.05) is 6.08 Å². The van der Waals surface area contributed by atoms with Crippen molar-refractivity contribution < 1.29 is 9.53 Å². The highest BCUT2D eigenvalue weighted by molar-refractivity contribution is 9.11. The zero-order valence-electron chi connectivity index (χ0n) is 15.5. The summed E-state index contributed by atoms with van der Waals surface area (Å²) in [7, 11) is 0. The summed E-state index contributed by atoms with van der Waals surface area (Å²) in [5.41, 5.74) is 2.52. The number of carbonyl (C=O) groups excluding carboxylic acids is 1. The van der Waals surface area contributed by atoms with Gasteiger partial charge < -0.3 is 20.3 Å². The summed E-state index contributed by atoms with van der Waals surface area (Å²) >= 11 is 3.39. The number of morpholine rings is 1. The van der Waals surface area contributed by atoms with Crippen LogP contribution in [0.3, 0.4) is 0 Å². The topological polar surface area (TPSA) is 103 Å². The molecule has 3 rings (SSSR count). The molecule has 1 aromatic rings. The van der Waals surface area contributed by atoms with Crippen molar-refractivity contribution in [3.8, 4) is 6.07 Å². The van der Waals surface area contributed by atoms with Crippen LogP contribution in [0.15, 0.2) is 34.7 Å². The summed E-state index contributed by atoms with van der Waals surface area (Å²) in [5.74, 6) is 0.482. The van der Waals surface area contributed by atoms with Crippen LogP contribution in [-0.4, -0.2) is 53.6 Å². The molecule has 0 bridgehead atoms. The van der Waals surface area contributed by atoms with Crippen LogP contribution in [0.4, 0.5) is 5.95 Å². The Morgan fingerprint density at radius 2 is 2.39 bits per heavy atom. The maximum atomic E-state index is 11.7. The standard InChI is InChI=1S/C19H21BrN6O2/c1-13-11-23-19(22-6-3-7-26-8-9-28-12-17(26)27)25-18(13)14(10-21)15-4-2-5-16(20)24-15/h2,4-5,11,24H,3,6-9,12H2,1H3,(H,22,23,25). The van der Waals surface area contributed by atoms with Crippen molar-refractivity contribution in [2.45, 2.75) is 13.3 Å². The number of anilines is 1. The number of halogens is 1. The summed E-state index contributed by atoms with van der Waals surface area (Å²) in [6, 6.07) is 2.24. The number of nitriles is 1. The van der Waals surface area contributed by atoms with Crippen molar-refractivity contribution in [1.29, 1.82) is 5.26 Å². The van der Waals surface area contributed by atoms with Crippen molar-refractivity contribution in [3.63, 3.8) is 0 Å². The Bertz CT molecular complexity index is 887. The first-order valence-corrected chi connectivity index (χ1v) is 9.76. The fourth-order valence-corrected chi connectivity index (χ4v) is 3.23. The molecule has 1 aromatic heterocycles. The minimum Gasteiger partial charge on any atom is -0.370 e. The molecule has 3 heterocycles. The number of amides is 1. The van der Waals surface area contributed by atoms with E-state index in [0.717, 1.165) is 16.6 Å². The molecule has 146 valence electrons. The number of nitrogens with one attached hydrogen (secondary N) is 2. The molecular formula is C19H21BrN6O2. The maximum Gasteiger partial charge on any atom is 0.248 e. The van der Waals surface area contributed by atoms with Crippen LogP contribution >= 0.6 is 15.9 Å². The van der Waals surface area contributed by atoms with Crippen molar-refractivity contribution in [1.82, 2.24) is 20.2 Å². The molecule has 1 amide bonds. The van der Waals surface area contributed by atoms with E-state index in [1.807, 2.05) is 25.2 Å². The number of ether oxygens (including phenoxy) is 1. The molecule has 2 N–H and O–H groups in total. The lowest BCUT2D eigenvalue weighted by Gasteiger charge is -2.26. The molecule has 0 saturated carbocycles. The molecule has 9 heteroatoms. The number of carbonyl (C=O) groups is 1. The number of rotatable bonds is 6. The summed E-state index contributed by atoms with van der Waals surface area (Å²) in [4.78, 5) is 22.4. The Kier molecular flexibility index (Phi) is 6.79. The third-order valence-corrected chi connectivity index (χ3v) is 4.78. The van der Waals surface area contributed by atoms with Gasteiger partial charge in [-0.2, -0.15) is 5.26 Å². The highest BCUT2D eigenvalue weighted by Gasteiger charge is 2.18. The molecule has 0 aromatic carbocycles. The van der Waals surface area contributed by atoms with Gasteiger partial charge in [-0.25, -0.2) is 9.97 Å². The monoisotopic (exact) mass is 444 g/mol. The first-order chi connectivity index (χ1) is 13.6. The average molecular weight is 445 g/mol. The smallest absolute Gasteiger partial charge is 0.248 e. The molecule has 0 unspecified atom stereocenters. The van der Waals surface area contributed by atoms with Gasteiger partial charge in [-0.15, -0.1) is 0 Å². The van der Waals surface area contributed by atoms with E-state index in [1.54, 1.807) is 11.1 Å². The van der Waals surface area contributed by atoms with Gasteiger partial charge in [0.15, 0.2) is 0 Å². The Morgan fingerprint density at radius 1 is 1.54 bits per heavy atom. The molecular weight excluding hydrogens is 424 g/mol. The van der Waals surface area contributed by atoms with E-state index in [2.05, 4.69) is 42.6 Å². The Hall–Kier alpha value is -2.70. The second-order valence-electron chi connectivity index (χ2n) is 6.34. The predicted molar refractivity (Wildman–Crippen MR) is 109 cm³/mol. The molecule has 0 radical (unpaired) electrons. The minimum absolute atomic E-state index is 0.0265. The van der Waals surface area contributed by atoms with Crippen LogP contribution in [0.2, 0.25) is 0 Å². The first kappa shape index (κ1) is 20.0. The van der Waals surface area contributed by atoms with E-state index in [4.69, 9.17) is 4.74 Å². The molecule has 1 saturated heterocycles. The van der Waals surface area contributed by atoms with Gasteiger partial charge in [-0.3, -0.25) is 4.79 Å². The summed E-state index contributed by atoms with van der Waals surface area (Å²) in [5, 5.41) is 16.0. The lowest BCUT2D eigenvalue weighted by Crippen LogP contribution is -2.42. The van der Waals surface area contributed by atoms with Crippen LogP contribution in [0, 0.1) is 18.3 Å². The normalized spacial score (nSPS) is 18.2. The van der Waals surface area contributed by atoms with E-state index < -0.39 is 0 Å². The zero-order valence-corrected chi connectivity index (χ0v) is 17.1. The van der Waals surface area contributed by atoms with Gasteiger partial charge in [0.25, 0.3) is 0 Å². The van der Waals surface area contributed by atoms with Crippen molar-refractivity contribution in [3.05, 3.63) is 46.0 Å². The molecule has 0 spiro atoms. The third kappa shape index (κ3) is 4.97. The number of allylic oxidation sites excluding steroid dienone is 4. The molecule has 0 atom stereocenters. The number of aromatic nitrogens is 2. The second-order valence-corrected chi connectivity index (χ2v) is 7.19. The van der Waals surface area contributed by atoms with E-state index >= 15 is 0 Å². The number of aryl methyl sites for hydroxylation is 1. The van der Waals surface area contributed by atoms with Crippen LogP contribution in [0.1, 0.15) is 17.7 Å². The zero-order chi connectivity index (χ0) is 19.9. The van der Waals surface area contributed by atoms with Crippen LogP contribution in [-0.2, 0) is 9.53 Å². The van der Waals surface area contributed by atoms with Gasteiger partial charge in [0, 0.05) is 25.8 Å². The molecule has 2 aliphatic heterocycles. The Morgan fingerprint density at radius 3 is 3.14 bits per heavy atom. The third-order valence-electron chi connectivity index (χ3n) is 4.32. The fraction of sp³-hybridized carbons (Fsp3) is 0.368. The summed E-state index contributed by atoms with van der Waals surface area (Å²) in [6.07, 6.45) is 8.02. The number of hydrogen-bond donors (Lipinski definition) is 2. The molecule has 1 fully saturated rings. The van der Waals surface area contributed by atoms with Gasteiger partial charge in [0.2, 0.25) is 11.9 Å². The van der Waals surface area contributed by atoms with Gasteiger partial charge in [-0.05, 0) is 47.0 Å². The first-order valence-electron chi connectivity index (χ1n) is 8.97. The SMILES string of the molecule is Cc1cnc(NCCCN2CCOCC2=O)nc1C(C#N)=C1C=CC=C(Br)N1. The molecule has 0 aliphatic carbocycles. The Labute approximate surface area is 172 Å². The minimum atomic E-state index is 0.0265. The van der Waals surface area contributed by atoms with Crippen LogP contribution < -0.4 is 10.6 Å². The molecule has 28 heavy (non-hydrogen) atoms. The van der Waals surface area contributed by atoms with Crippen molar-refractivity contribution in [2.75, 3.05) is 38.2 Å². The lowest BCUT2D eigenvalue weighted by atomic mass is 10.1. The number of hydrogen-bond acceptors (Lipinski definition) is 7. The van der Waals surface area contributed by atoms with E-state index in [-0.39, 0.29) is 12.5 Å². The molecule has 2 aliphatic rings. The second kappa shape index (κ2) is 9.48. The highest BCUT2D eigenvalue weighted by atomic mass is 79.9. The Balaban J connectivity index is 1.65.